The van der Waals surface area contributed by atoms with E-state index in [0.717, 1.165) is 24.9 Å². The molecule has 180 valence electrons. The largest absolute Gasteiger partial charge is 0.493 e. The number of aromatic nitrogens is 5. The van der Waals surface area contributed by atoms with Gasteiger partial charge >= 0.3 is 0 Å². The van der Waals surface area contributed by atoms with E-state index in [1.807, 2.05) is 31.2 Å². The van der Waals surface area contributed by atoms with Crippen molar-refractivity contribution in [2.45, 2.75) is 52.6 Å². The molecular formula is C22H29N9O3. The van der Waals surface area contributed by atoms with Crippen LogP contribution in [0, 0.1) is 0 Å². The van der Waals surface area contributed by atoms with Gasteiger partial charge in [-0.1, -0.05) is 23.8 Å². The number of carbonyl (C=O) groups excluding carboxylic acids is 1. The fourth-order valence-corrected chi connectivity index (χ4v) is 4.01. The number of para-hydroxylation sites is 1. The molecule has 0 saturated carbocycles. The third-order valence-corrected chi connectivity index (χ3v) is 5.87. The average Bonchev–Trinajstić information content (AvgIpc) is 3.45. The maximum Gasteiger partial charge on any atom is 0.293 e. The fourth-order valence-electron chi connectivity index (χ4n) is 4.01. The van der Waals surface area contributed by atoms with Crippen molar-refractivity contribution in [3.63, 3.8) is 0 Å². The number of nitrogens with zero attached hydrogens (tertiary/aromatic N) is 7. The van der Waals surface area contributed by atoms with E-state index in [9.17, 15) is 4.79 Å². The summed E-state index contributed by atoms with van der Waals surface area (Å²) in [5.41, 5.74) is 10.5. The summed E-state index contributed by atoms with van der Waals surface area (Å²) in [6.07, 6.45) is 3.35. The van der Waals surface area contributed by atoms with Crippen molar-refractivity contribution in [3.05, 3.63) is 41.2 Å². The van der Waals surface area contributed by atoms with E-state index in [2.05, 4.69) is 43.0 Å². The minimum absolute atomic E-state index is 0.0613. The van der Waals surface area contributed by atoms with Crippen molar-refractivity contribution in [2.75, 3.05) is 18.9 Å². The van der Waals surface area contributed by atoms with Gasteiger partial charge < -0.3 is 10.5 Å². The molecule has 1 saturated heterocycles. The van der Waals surface area contributed by atoms with Gasteiger partial charge in [-0.3, -0.25) is 9.69 Å². The highest BCUT2D eigenvalue weighted by atomic mass is 16.6. The third-order valence-electron chi connectivity index (χ3n) is 5.87. The van der Waals surface area contributed by atoms with Gasteiger partial charge in [-0.2, -0.15) is 9.78 Å². The number of nitrogens with two attached hydrogens (primary N) is 1. The predicted octanol–water partition coefficient (Wildman–Crippen LogP) is 2.16. The predicted molar refractivity (Wildman–Crippen MR) is 125 cm³/mol. The van der Waals surface area contributed by atoms with Crippen molar-refractivity contribution in [2.24, 2.45) is 5.10 Å². The van der Waals surface area contributed by atoms with E-state index in [-0.39, 0.29) is 17.3 Å². The second-order valence-electron chi connectivity index (χ2n) is 8.15. The second-order valence-corrected chi connectivity index (χ2v) is 8.15. The number of nitrogen functional groups attached to an aromatic ring is 1. The van der Waals surface area contributed by atoms with Gasteiger partial charge in [0.2, 0.25) is 11.6 Å². The summed E-state index contributed by atoms with van der Waals surface area (Å²) >= 11 is 0. The van der Waals surface area contributed by atoms with Crippen LogP contribution in [-0.2, 0) is 6.54 Å². The Balaban J connectivity index is 1.62. The number of piperidine rings is 1. The quantitative estimate of drug-likeness (QED) is 0.375. The summed E-state index contributed by atoms with van der Waals surface area (Å²) in [5.74, 6) is 0.456. The van der Waals surface area contributed by atoms with Crippen molar-refractivity contribution >= 4 is 17.4 Å². The van der Waals surface area contributed by atoms with E-state index in [1.165, 1.54) is 11.1 Å². The topological polar surface area (TPSA) is 150 Å². The zero-order valence-corrected chi connectivity index (χ0v) is 19.6. The van der Waals surface area contributed by atoms with Gasteiger partial charge in [0.25, 0.3) is 5.91 Å². The van der Waals surface area contributed by atoms with Crippen LogP contribution in [-0.4, -0.2) is 61.0 Å². The Bertz CT molecular complexity index is 1170. The van der Waals surface area contributed by atoms with Gasteiger partial charge in [-0.15, -0.1) is 5.10 Å². The average molecular weight is 468 g/mol. The van der Waals surface area contributed by atoms with Gasteiger partial charge in [-0.05, 0) is 62.6 Å². The number of rotatable bonds is 8. The molecule has 3 heterocycles. The lowest BCUT2D eigenvalue weighted by Gasteiger charge is -2.33. The van der Waals surface area contributed by atoms with Crippen LogP contribution in [0.1, 0.15) is 61.8 Å². The van der Waals surface area contributed by atoms with Crippen LogP contribution in [0.3, 0.4) is 0 Å². The number of hydrogen-bond donors (Lipinski definition) is 2. The summed E-state index contributed by atoms with van der Waals surface area (Å²) in [4.78, 5) is 15.4. The molecule has 0 bridgehead atoms. The van der Waals surface area contributed by atoms with Crippen LogP contribution in [0.25, 0.3) is 5.82 Å². The molecule has 2 aromatic heterocycles. The molecule has 12 nitrogen and oxygen atoms in total. The zero-order chi connectivity index (χ0) is 24.1. The molecule has 4 rings (SSSR count). The number of amides is 1. The standard InChI is InChI=1S/C22H29N9O3/c1-4-33-18-11-6-5-10-16(18)15(3)24-26-22(32)19-17(13-30-12-8-7-9-14(30)2)31(29-25-19)21-20(23)27-34-28-21/h5-6,10-11,14H,4,7-9,12-13H2,1-3H3,(H2,23,27)(H,26,32)/b24-15-. The summed E-state index contributed by atoms with van der Waals surface area (Å²) in [6.45, 7) is 7.76. The maximum atomic E-state index is 13.1. The first-order chi connectivity index (χ1) is 16.5. The van der Waals surface area contributed by atoms with Gasteiger partial charge in [-0.25, -0.2) is 10.1 Å². The molecule has 1 fully saturated rings. The molecule has 1 atom stereocenters. The number of hydrogen-bond acceptors (Lipinski definition) is 10. The molecule has 34 heavy (non-hydrogen) atoms. The Hall–Kier alpha value is -3.80. The molecule has 1 aliphatic heterocycles. The number of likely N-dealkylation sites (tertiary alicyclic amines) is 1. The molecule has 0 radical (unpaired) electrons. The Morgan fingerprint density at radius 1 is 1.32 bits per heavy atom. The first kappa shape index (κ1) is 23.4. The first-order valence-electron chi connectivity index (χ1n) is 11.3. The highest BCUT2D eigenvalue weighted by Crippen LogP contribution is 2.23. The van der Waals surface area contributed by atoms with Gasteiger partial charge in [0, 0.05) is 18.2 Å². The molecule has 1 amide bonds. The number of nitrogens with one attached hydrogen (secondary N) is 1. The SMILES string of the molecule is CCOc1ccccc1/C(C)=N\NC(=O)c1nnn(-c2nonc2N)c1CN1CCCCC1C. The molecule has 0 aliphatic carbocycles. The molecule has 1 unspecified atom stereocenters. The Morgan fingerprint density at radius 3 is 2.88 bits per heavy atom. The van der Waals surface area contributed by atoms with Crippen molar-refractivity contribution in [1.82, 2.24) is 35.6 Å². The van der Waals surface area contributed by atoms with E-state index < -0.39 is 5.91 Å². The van der Waals surface area contributed by atoms with E-state index in [4.69, 9.17) is 15.1 Å². The molecule has 12 heteroatoms. The minimum Gasteiger partial charge on any atom is -0.493 e. The number of carbonyl (C=O) groups is 1. The van der Waals surface area contributed by atoms with E-state index >= 15 is 0 Å². The Labute approximate surface area is 197 Å². The molecular weight excluding hydrogens is 438 g/mol. The van der Waals surface area contributed by atoms with Crippen molar-refractivity contribution in [1.29, 1.82) is 0 Å². The van der Waals surface area contributed by atoms with Gasteiger partial charge in [0.05, 0.1) is 18.0 Å². The molecule has 3 N–H and O–H groups in total. The number of ether oxygens (including phenoxy) is 1. The van der Waals surface area contributed by atoms with Crippen LogP contribution in [0.2, 0.25) is 0 Å². The summed E-state index contributed by atoms with van der Waals surface area (Å²) in [7, 11) is 0. The smallest absolute Gasteiger partial charge is 0.293 e. The van der Waals surface area contributed by atoms with Crippen molar-refractivity contribution in [3.8, 4) is 11.6 Å². The highest BCUT2D eigenvalue weighted by molar-refractivity contribution is 6.02. The van der Waals surface area contributed by atoms with Crippen LogP contribution < -0.4 is 15.9 Å². The van der Waals surface area contributed by atoms with Crippen LogP contribution >= 0.6 is 0 Å². The lowest BCUT2D eigenvalue weighted by molar-refractivity contribution is 0.0944. The second kappa shape index (κ2) is 10.4. The van der Waals surface area contributed by atoms with Gasteiger partial charge in [0.15, 0.2) is 5.69 Å². The zero-order valence-electron chi connectivity index (χ0n) is 19.6. The fraction of sp³-hybridized carbons (Fsp3) is 0.455. The van der Waals surface area contributed by atoms with Gasteiger partial charge in [0.1, 0.15) is 5.75 Å². The molecule has 1 aromatic carbocycles. The maximum absolute atomic E-state index is 13.1. The van der Waals surface area contributed by atoms with E-state index in [1.54, 1.807) is 6.92 Å². The molecule has 1 aliphatic rings. The number of anilines is 1. The summed E-state index contributed by atoms with van der Waals surface area (Å²) in [5, 5.41) is 20.0. The molecule has 0 spiro atoms. The van der Waals surface area contributed by atoms with Crippen LogP contribution in [0.15, 0.2) is 34.0 Å². The Morgan fingerprint density at radius 2 is 2.15 bits per heavy atom. The Kier molecular flexibility index (Phi) is 7.16. The third kappa shape index (κ3) is 4.91. The summed E-state index contributed by atoms with van der Waals surface area (Å²) in [6, 6.07) is 7.88. The number of benzene rings is 1. The highest BCUT2D eigenvalue weighted by Gasteiger charge is 2.28. The minimum atomic E-state index is -0.492. The summed E-state index contributed by atoms with van der Waals surface area (Å²) < 4.78 is 11.8. The van der Waals surface area contributed by atoms with Crippen LogP contribution in [0.4, 0.5) is 5.82 Å². The monoisotopic (exact) mass is 467 g/mol. The normalized spacial score (nSPS) is 17.0. The lowest BCUT2D eigenvalue weighted by atomic mass is 10.0. The van der Waals surface area contributed by atoms with Crippen molar-refractivity contribution < 1.29 is 14.2 Å². The lowest BCUT2D eigenvalue weighted by Crippen LogP contribution is -2.38. The number of hydrazone groups is 1. The first-order valence-corrected chi connectivity index (χ1v) is 11.3. The molecule has 3 aromatic rings. The van der Waals surface area contributed by atoms with Crippen LogP contribution in [0.5, 0.6) is 5.75 Å². The van der Waals surface area contributed by atoms with E-state index in [0.29, 0.717) is 36.3 Å².